The second-order valence-corrected chi connectivity index (χ2v) is 7.70. The van der Waals surface area contributed by atoms with Gasteiger partial charge in [-0.1, -0.05) is 26.2 Å². The SMILES string of the molecule is CCCCCC(n1c(=O)c(=O)[nH]c2cc(C(F)(F)F)ccc21)P(=O)(O)O. The fraction of sp³-hybridized carbons (Fsp3) is 0.467. The van der Waals surface area contributed by atoms with Crippen LogP contribution in [0.25, 0.3) is 11.0 Å². The van der Waals surface area contributed by atoms with Crippen molar-refractivity contribution in [2.45, 2.75) is 44.6 Å². The molecule has 0 bridgehead atoms. The Kier molecular flexibility index (Phi) is 5.79. The Morgan fingerprint density at radius 3 is 2.42 bits per heavy atom. The van der Waals surface area contributed by atoms with Gasteiger partial charge >= 0.3 is 24.9 Å². The fourth-order valence-electron chi connectivity index (χ4n) is 2.74. The number of aromatic amines is 1. The van der Waals surface area contributed by atoms with Gasteiger partial charge in [-0.15, -0.1) is 0 Å². The number of aromatic nitrogens is 2. The zero-order valence-electron chi connectivity index (χ0n) is 13.8. The number of hydrogen-bond acceptors (Lipinski definition) is 3. The summed E-state index contributed by atoms with van der Waals surface area (Å²) >= 11 is 0. The fourth-order valence-corrected chi connectivity index (χ4v) is 3.79. The highest BCUT2D eigenvalue weighted by molar-refractivity contribution is 7.51. The van der Waals surface area contributed by atoms with Crippen molar-refractivity contribution >= 4 is 18.6 Å². The molecule has 0 spiro atoms. The molecule has 0 amide bonds. The molecule has 0 radical (unpaired) electrons. The average molecular weight is 394 g/mol. The lowest BCUT2D eigenvalue weighted by Crippen LogP contribution is -2.38. The molecule has 1 aromatic heterocycles. The van der Waals surface area contributed by atoms with Crippen LogP contribution < -0.4 is 11.1 Å². The number of alkyl halides is 3. The van der Waals surface area contributed by atoms with Crippen molar-refractivity contribution in [1.82, 2.24) is 9.55 Å². The van der Waals surface area contributed by atoms with Crippen molar-refractivity contribution in [3.8, 4) is 0 Å². The summed E-state index contributed by atoms with van der Waals surface area (Å²) in [5.74, 6) is -1.62. The van der Waals surface area contributed by atoms with Crippen molar-refractivity contribution in [3.05, 3.63) is 44.5 Å². The van der Waals surface area contributed by atoms with Crippen LogP contribution in [0.4, 0.5) is 13.2 Å². The Hall–Kier alpha value is -1.90. The summed E-state index contributed by atoms with van der Waals surface area (Å²) in [6, 6.07) is 2.26. The van der Waals surface area contributed by atoms with Gasteiger partial charge in [-0.2, -0.15) is 13.2 Å². The van der Waals surface area contributed by atoms with E-state index in [9.17, 15) is 37.1 Å². The number of halogens is 3. The lowest BCUT2D eigenvalue weighted by atomic mass is 10.1. The quantitative estimate of drug-likeness (QED) is 0.396. The predicted molar refractivity (Wildman–Crippen MR) is 89.1 cm³/mol. The molecular formula is C15H18F3N2O5P. The van der Waals surface area contributed by atoms with E-state index in [1.165, 1.54) is 0 Å². The largest absolute Gasteiger partial charge is 0.416 e. The van der Waals surface area contributed by atoms with Gasteiger partial charge in [0.15, 0.2) is 0 Å². The van der Waals surface area contributed by atoms with E-state index in [1.807, 2.05) is 11.9 Å². The van der Waals surface area contributed by atoms with Gasteiger partial charge < -0.3 is 14.8 Å². The first kappa shape index (κ1) is 20.4. The third-order valence-electron chi connectivity index (χ3n) is 4.00. The number of nitrogens with zero attached hydrogens (tertiary/aromatic N) is 1. The molecule has 0 saturated carbocycles. The minimum absolute atomic E-state index is 0.0857. The number of nitrogens with one attached hydrogen (secondary N) is 1. The number of fused-ring (bicyclic) bond motifs is 1. The Balaban J connectivity index is 2.74. The van der Waals surface area contributed by atoms with Gasteiger partial charge in [-0.05, 0) is 24.6 Å². The van der Waals surface area contributed by atoms with Gasteiger partial charge in [-0.3, -0.25) is 18.7 Å². The van der Waals surface area contributed by atoms with Crippen LogP contribution in [0.2, 0.25) is 0 Å². The Bertz CT molecular complexity index is 960. The molecule has 0 aliphatic rings. The molecule has 1 aromatic carbocycles. The van der Waals surface area contributed by atoms with Crippen LogP contribution in [-0.2, 0) is 10.7 Å². The molecule has 26 heavy (non-hydrogen) atoms. The first-order chi connectivity index (χ1) is 12.0. The maximum Gasteiger partial charge on any atom is 0.416 e. The van der Waals surface area contributed by atoms with Crippen LogP contribution in [0.1, 0.15) is 44.0 Å². The Labute approximate surface area is 145 Å². The maximum absolute atomic E-state index is 12.9. The molecular weight excluding hydrogens is 376 g/mol. The summed E-state index contributed by atoms with van der Waals surface area (Å²) in [7, 11) is -4.85. The van der Waals surface area contributed by atoms with Gasteiger partial charge in [0.2, 0.25) is 0 Å². The monoisotopic (exact) mass is 394 g/mol. The highest BCUT2D eigenvalue weighted by Crippen LogP contribution is 2.51. The Morgan fingerprint density at radius 1 is 1.23 bits per heavy atom. The minimum atomic E-state index is -4.85. The van der Waals surface area contributed by atoms with Crippen molar-refractivity contribution in [1.29, 1.82) is 0 Å². The molecule has 3 N–H and O–H groups in total. The number of benzene rings is 1. The molecule has 1 atom stereocenters. The van der Waals surface area contributed by atoms with E-state index in [0.29, 0.717) is 29.5 Å². The topological polar surface area (TPSA) is 112 Å². The molecule has 0 aliphatic heterocycles. The number of unbranched alkanes of at least 4 members (excludes halogenated alkanes) is 2. The van der Waals surface area contributed by atoms with Gasteiger partial charge in [0, 0.05) is 0 Å². The van der Waals surface area contributed by atoms with Crippen LogP contribution in [0.15, 0.2) is 27.8 Å². The highest BCUT2D eigenvalue weighted by Gasteiger charge is 2.34. The van der Waals surface area contributed by atoms with Crippen molar-refractivity contribution < 1.29 is 27.5 Å². The van der Waals surface area contributed by atoms with E-state index in [0.717, 1.165) is 12.5 Å². The average Bonchev–Trinajstić information content (AvgIpc) is 2.51. The molecule has 2 rings (SSSR count). The smallest absolute Gasteiger partial charge is 0.323 e. The van der Waals surface area contributed by atoms with Crippen molar-refractivity contribution in [3.63, 3.8) is 0 Å². The summed E-state index contributed by atoms with van der Waals surface area (Å²) in [6.45, 7) is 1.87. The van der Waals surface area contributed by atoms with Crippen molar-refractivity contribution in [2.24, 2.45) is 0 Å². The van der Waals surface area contributed by atoms with Crippen LogP contribution >= 0.6 is 7.60 Å². The van der Waals surface area contributed by atoms with E-state index >= 15 is 0 Å². The van der Waals surface area contributed by atoms with E-state index in [2.05, 4.69) is 0 Å². The molecule has 1 heterocycles. The van der Waals surface area contributed by atoms with E-state index in [1.54, 1.807) is 0 Å². The minimum Gasteiger partial charge on any atom is -0.323 e. The molecule has 2 aromatic rings. The lowest BCUT2D eigenvalue weighted by molar-refractivity contribution is -0.137. The number of hydrogen-bond donors (Lipinski definition) is 3. The first-order valence-electron chi connectivity index (χ1n) is 7.87. The summed E-state index contributed by atoms with van der Waals surface area (Å²) in [6.07, 6.45) is -2.97. The zero-order chi connectivity index (χ0) is 19.7. The molecule has 144 valence electrons. The van der Waals surface area contributed by atoms with Gasteiger partial charge in [-0.25, -0.2) is 0 Å². The highest BCUT2D eigenvalue weighted by atomic mass is 31.2. The molecule has 11 heteroatoms. The van der Waals surface area contributed by atoms with E-state index in [-0.39, 0.29) is 17.5 Å². The van der Waals surface area contributed by atoms with Crippen LogP contribution in [0, 0.1) is 0 Å². The van der Waals surface area contributed by atoms with Gasteiger partial charge in [0.25, 0.3) is 0 Å². The lowest BCUT2D eigenvalue weighted by Gasteiger charge is -2.22. The Morgan fingerprint density at radius 2 is 1.88 bits per heavy atom. The maximum atomic E-state index is 12.9. The predicted octanol–water partition coefficient (Wildman–Crippen LogP) is 2.97. The van der Waals surface area contributed by atoms with Gasteiger partial charge in [0.1, 0.15) is 5.78 Å². The van der Waals surface area contributed by atoms with Gasteiger partial charge in [0.05, 0.1) is 16.6 Å². The van der Waals surface area contributed by atoms with Crippen molar-refractivity contribution in [2.75, 3.05) is 0 Å². The first-order valence-corrected chi connectivity index (χ1v) is 9.56. The molecule has 7 nitrogen and oxygen atoms in total. The van der Waals surface area contributed by atoms with Crippen LogP contribution in [0.5, 0.6) is 0 Å². The summed E-state index contributed by atoms with van der Waals surface area (Å²) in [4.78, 5) is 45.4. The normalized spacial score (nSPS) is 13.9. The number of rotatable bonds is 6. The molecule has 0 saturated heterocycles. The third kappa shape index (κ3) is 4.25. The van der Waals surface area contributed by atoms with E-state index in [4.69, 9.17) is 0 Å². The second-order valence-electron chi connectivity index (χ2n) is 5.92. The number of H-pyrrole nitrogens is 1. The third-order valence-corrected chi connectivity index (χ3v) is 5.26. The zero-order valence-corrected chi connectivity index (χ0v) is 14.7. The summed E-state index contributed by atoms with van der Waals surface area (Å²) < 4.78 is 51.1. The standard InChI is InChI=1S/C15H18F3N2O5P/c1-2-3-4-5-12(26(23,24)25)20-11-7-6-9(15(16,17)18)8-10(11)19-13(21)14(20)22/h6-8,12H,2-5H2,1H3,(H,19,21)(H2,23,24,25). The van der Waals surface area contributed by atoms with Crippen LogP contribution in [0.3, 0.4) is 0 Å². The molecule has 0 fully saturated rings. The summed E-state index contributed by atoms with van der Waals surface area (Å²) in [5, 5.41) is 0. The second kappa shape index (κ2) is 7.38. The molecule has 1 unspecified atom stereocenters. The van der Waals surface area contributed by atoms with Crippen LogP contribution in [-0.4, -0.2) is 19.3 Å². The summed E-state index contributed by atoms with van der Waals surface area (Å²) in [5.41, 5.74) is -4.01. The van der Waals surface area contributed by atoms with E-state index < -0.39 is 36.2 Å². The molecule has 0 aliphatic carbocycles.